The zero-order valence-electron chi connectivity index (χ0n) is 14.5. The highest BCUT2D eigenvalue weighted by Crippen LogP contribution is 2.21. The van der Waals surface area contributed by atoms with Crippen molar-refractivity contribution in [3.8, 4) is 11.5 Å². The lowest BCUT2D eigenvalue weighted by molar-refractivity contribution is -0.114. The zero-order valence-corrected chi connectivity index (χ0v) is 14.5. The maximum atomic E-state index is 11.0. The molecule has 0 radical (unpaired) electrons. The molecule has 0 aliphatic rings. The van der Waals surface area contributed by atoms with Crippen molar-refractivity contribution in [2.24, 2.45) is 0 Å². The summed E-state index contributed by atoms with van der Waals surface area (Å²) in [6.07, 6.45) is -0.753. The molecule has 0 aromatic heterocycles. The highest BCUT2D eigenvalue weighted by atomic mass is 16.5. The van der Waals surface area contributed by atoms with Gasteiger partial charge in [-0.2, -0.15) is 0 Å². The van der Waals surface area contributed by atoms with Crippen molar-refractivity contribution in [3.05, 3.63) is 66.7 Å². The largest absolute Gasteiger partial charge is 0.491 e. The second-order valence-corrected chi connectivity index (χ2v) is 5.99. The van der Waals surface area contributed by atoms with E-state index < -0.39 is 6.10 Å². The van der Waals surface area contributed by atoms with Crippen LogP contribution >= 0.6 is 0 Å². The van der Waals surface area contributed by atoms with Gasteiger partial charge in [0, 0.05) is 12.6 Å². The molecule has 3 aromatic rings. The van der Waals surface area contributed by atoms with Crippen molar-refractivity contribution in [1.29, 1.82) is 0 Å². The van der Waals surface area contributed by atoms with E-state index in [1.165, 1.54) is 6.92 Å². The van der Waals surface area contributed by atoms with Crippen molar-refractivity contribution in [1.82, 2.24) is 0 Å². The number of hydrogen-bond donors (Lipinski definition) is 2. The van der Waals surface area contributed by atoms with E-state index in [1.807, 2.05) is 42.5 Å². The average Bonchev–Trinajstić information content (AvgIpc) is 2.65. The van der Waals surface area contributed by atoms with Crippen LogP contribution in [0.3, 0.4) is 0 Å². The minimum Gasteiger partial charge on any atom is -0.491 e. The van der Waals surface area contributed by atoms with Gasteiger partial charge < -0.3 is 19.9 Å². The average molecular weight is 351 g/mol. The summed E-state index contributed by atoms with van der Waals surface area (Å²) in [5, 5.41) is 15.0. The molecule has 1 amide bonds. The summed E-state index contributed by atoms with van der Waals surface area (Å²) in [6.45, 7) is 1.71. The molecule has 3 aromatic carbocycles. The Kier molecular flexibility index (Phi) is 5.71. The monoisotopic (exact) mass is 351 g/mol. The van der Waals surface area contributed by atoms with Gasteiger partial charge in [-0.05, 0) is 47.2 Å². The molecule has 26 heavy (non-hydrogen) atoms. The summed E-state index contributed by atoms with van der Waals surface area (Å²) >= 11 is 0. The fourth-order valence-electron chi connectivity index (χ4n) is 2.53. The smallest absolute Gasteiger partial charge is 0.221 e. The van der Waals surface area contributed by atoms with Crippen LogP contribution in [0.1, 0.15) is 6.92 Å². The van der Waals surface area contributed by atoms with Crippen molar-refractivity contribution in [2.75, 3.05) is 18.5 Å². The van der Waals surface area contributed by atoms with Gasteiger partial charge >= 0.3 is 0 Å². The predicted molar refractivity (Wildman–Crippen MR) is 102 cm³/mol. The summed E-state index contributed by atoms with van der Waals surface area (Å²) in [7, 11) is 0. The zero-order chi connectivity index (χ0) is 18.4. The maximum absolute atomic E-state index is 11.0. The Morgan fingerprint density at radius 3 is 2.23 bits per heavy atom. The van der Waals surface area contributed by atoms with Gasteiger partial charge in [-0.3, -0.25) is 4.79 Å². The van der Waals surface area contributed by atoms with Gasteiger partial charge in [-0.1, -0.05) is 30.3 Å². The Morgan fingerprint density at radius 1 is 0.923 bits per heavy atom. The fraction of sp³-hybridized carbons (Fsp3) is 0.190. The van der Waals surface area contributed by atoms with Gasteiger partial charge in [0.2, 0.25) is 5.91 Å². The van der Waals surface area contributed by atoms with Crippen molar-refractivity contribution in [3.63, 3.8) is 0 Å². The number of carbonyl (C=O) groups is 1. The van der Waals surface area contributed by atoms with Gasteiger partial charge in [0.15, 0.2) is 0 Å². The third-order valence-corrected chi connectivity index (χ3v) is 3.78. The molecule has 0 heterocycles. The number of rotatable bonds is 7. The summed E-state index contributed by atoms with van der Waals surface area (Å²) < 4.78 is 11.2. The van der Waals surface area contributed by atoms with E-state index >= 15 is 0 Å². The molecule has 0 aliphatic carbocycles. The predicted octanol–water partition coefficient (Wildman–Crippen LogP) is 3.62. The van der Waals surface area contributed by atoms with Crippen LogP contribution in [0.4, 0.5) is 5.69 Å². The number of aliphatic hydroxyl groups excluding tert-OH is 1. The SMILES string of the molecule is CC(=O)Nc1ccc(OCC(O)COc2ccc3ccccc3c2)cc1. The van der Waals surface area contributed by atoms with Gasteiger partial charge in [0.25, 0.3) is 0 Å². The number of benzene rings is 3. The van der Waals surface area contributed by atoms with Crippen LogP contribution in [-0.4, -0.2) is 30.3 Å². The number of nitrogens with one attached hydrogen (secondary N) is 1. The number of ether oxygens (including phenoxy) is 2. The number of amides is 1. The molecule has 0 aliphatic heterocycles. The van der Waals surface area contributed by atoms with E-state index in [2.05, 4.69) is 5.32 Å². The first-order valence-electron chi connectivity index (χ1n) is 8.40. The lowest BCUT2D eigenvalue weighted by Gasteiger charge is -2.14. The van der Waals surface area contributed by atoms with Gasteiger partial charge in [-0.25, -0.2) is 0 Å². The van der Waals surface area contributed by atoms with E-state index in [1.54, 1.807) is 24.3 Å². The molecule has 0 bridgehead atoms. The first-order valence-corrected chi connectivity index (χ1v) is 8.40. The molecular formula is C21H21NO4. The minimum absolute atomic E-state index is 0.118. The van der Waals surface area contributed by atoms with Crippen LogP contribution < -0.4 is 14.8 Å². The minimum atomic E-state index is -0.753. The quantitative estimate of drug-likeness (QED) is 0.682. The molecule has 0 fully saturated rings. The standard InChI is InChI=1S/C21H21NO4/c1-15(23)22-18-7-10-20(11-8-18)25-13-19(24)14-26-21-9-6-16-4-2-3-5-17(16)12-21/h2-12,19,24H,13-14H2,1H3,(H,22,23). The van der Waals surface area contributed by atoms with Crippen molar-refractivity contribution >= 4 is 22.4 Å². The van der Waals surface area contributed by atoms with Gasteiger partial charge in [0.05, 0.1) is 0 Å². The molecule has 5 heteroatoms. The van der Waals surface area contributed by atoms with Gasteiger partial charge in [-0.15, -0.1) is 0 Å². The highest BCUT2D eigenvalue weighted by molar-refractivity contribution is 5.88. The number of anilines is 1. The van der Waals surface area contributed by atoms with E-state index in [-0.39, 0.29) is 19.1 Å². The third kappa shape index (κ3) is 4.97. The third-order valence-electron chi connectivity index (χ3n) is 3.78. The lowest BCUT2D eigenvalue weighted by atomic mass is 10.1. The first kappa shape index (κ1) is 17.8. The summed E-state index contributed by atoms with van der Waals surface area (Å²) in [5.74, 6) is 1.20. The number of hydrogen-bond acceptors (Lipinski definition) is 4. The van der Waals surface area contributed by atoms with Crippen LogP contribution in [0.5, 0.6) is 11.5 Å². The summed E-state index contributed by atoms with van der Waals surface area (Å²) in [5.41, 5.74) is 0.699. The molecule has 3 rings (SSSR count). The Labute approximate surface area is 152 Å². The molecule has 134 valence electrons. The summed E-state index contributed by atoms with van der Waals surface area (Å²) in [6, 6.07) is 20.8. The van der Waals surface area contributed by atoms with Crippen LogP contribution in [0.25, 0.3) is 10.8 Å². The van der Waals surface area contributed by atoms with E-state index in [0.717, 1.165) is 10.8 Å². The van der Waals surface area contributed by atoms with Crippen LogP contribution in [0, 0.1) is 0 Å². The van der Waals surface area contributed by atoms with Crippen LogP contribution in [0.2, 0.25) is 0 Å². The first-order chi connectivity index (χ1) is 12.6. The Morgan fingerprint density at radius 2 is 1.54 bits per heavy atom. The Hall–Kier alpha value is -3.05. The normalized spacial score (nSPS) is 11.8. The highest BCUT2D eigenvalue weighted by Gasteiger charge is 2.07. The second kappa shape index (κ2) is 8.36. The Bertz CT molecular complexity index is 877. The number of fused-ring (bicyclic) bond motifs is 1. The number of carbonyl (C=O) groups excluding carboxylic acids is 1. The molecule has 1 unspecified atom stereocenters. The van der Waals surface area contributed by atoms with Crippen LogP contribution in [0.15, 0.2) is 66.7 Å². The topological polar surface area (TPSA) is 67.8 Å². The molecule has 2 N–H and O–H groups in total. The Balaban J connectivity index is 1.47. The van der Waals surface area contributed by atoms with Crippen molar-refractivity contribution in [2.45, 2.75) is 13.0 Å². The second-order valence-electron chi connectivity index (χ2n) is 5.99. The number of aliphatic hydroxyl groups is 1. The summed E-state index contributed by atoms with van der Waals surface area (Å²) in [4.78, 5) is 11.0. The van der Waals surface area contributed by atoms with Crippen LogP contribution in [-0.2, 0) is 4.79 Å². The van der Waals surface area contributed by atoms with E-state index in [0.29, 0.717) is 17.2 Å². The molecule has 0 saturated heterocycles. The van der Waals surface area contributed by atoms with E-state index in [4.69, 9.17) is 9.47 Å². The van der Waals surface area contributed by atoms with Crippen molar-refractivity contribution < 1.29 is 19.4 Å². The molecular weight excluding hydrogens is 330 g/mol. The molecule has 5 nitrogen and oxygen atoms in total. The molecule has 0 saturated carbocycles. The van der Waals surface area contributed by atoms with Gasteiger partial charge in [0.1, 0.15) is 30.8 Å². The fourth-order valence-corrected chi connectivity index (χ4v) is 2.53. The molecule has 0 spiro atoms. The maximum Gasteiger partial charge on any atom is 0.221 e. The van der Waals surface area contributed by atoms with E-state index in [9.17, 15) is 9.90 Å². The lowest BCUT2D eigenvalue weighted by Crippen LogP contribution is -2.25. The molecule has 1 atom stereocenters.